The maximum Gasteiger partial charge on any atom is 0.331 e. The number of ether oxygens (including phenoxy) is 5. The predicted molar refractivity (Wildman–Crippen MR) is 123 cm³/mol. The fourth-order valence-electron chi connectivity index (χ4n) is 7.20. The van der Waals surface area contributed by atoms with Crippen molar-refractivity contribution in [2.24, 2.45) is 16.7 Å². The number of aliphatic hydroxyl groups is 1. The van der Waals surface area contributed by atoms with E-state index < -0.39 is 64.0 Å². The van der Waals surface area contributed by atoms with Gasteiger partial charge in [0, 0.05) is 45.1 Å². The minimum atomic E-state index is -1.46. The molecule has 4 aliphatic rings. The normalized spacial score (nSPS) is 39.9. The van der Waals surface area contributed by atoms with Gasteiger partial charge in [-0.05, 0) is 31.3 Å². The van der Waals surface area contributed by atoms with Gasteiger partial charge in [0.2, 0.25) is 0 Å². The standard InChI is InChI=1S/C26H36O10/c1-15(27)33-14-26-19(7-6-8-25(26)13-34-25)24(5,23(4,31)11-21(26)36-17(3)29)20(35-16(2)28)9-18-10-22(30)32-12-18/h10,19-21,31H,6-9,11-14H2,1-5H3/t19-,20+,21+,23+,24+,25+,26+/m1/s1. The molecule has 2 saturated carbocycles. The van der Waals surface area contributed by atoms with E-state index in [1.165, 1.54) is 26.8 Å². The lowest BCUT2D eigenvalue weighted by Crippen LogP contribution is -2.74. The molecule has 4 rings (SSSR count). The number of fused-ring (bicyclic) bond motifs is 2. The number of epoxide rings is 1. The van der Waals surface area contributed by atoms with E-state index in [2.05, 4.69) is 0 Å². The van der Waals surface area contributed by atoms with Crippen LogP contribution >= 0.6 is 0 Å². The van der Waals surface area contributed by atoms with E-state index in [9.17, 15) is 24.3 Å². The molecule has 0 aromatic rings. The van der Waals surface area contributed by atoms with Gasteiger partial charge in [0.25, 0.3) is 0 Å². The zero-order chi connectivity index (χ0) is 26.5. The van der Waals surface area contributed by atoms with E-state index in [-0.39, 0.29) is 26.1 Å². The summed E-state index contributed by atoms with van der Waals surface area (Å²) < 4.78 is 28.5. The number of hydrogen-bond acceptors (Lipinski definition) is 10. The number of rotatable bonds is 7. The molecule has 36 heavy (non-hydrogen) atoms. The summed E-state index contributed by atoms with van der Waals surface area (Å²) in [6.07, 6.45) is 2.02. The Balaban J connectivity index is 1.87. The number of carbonyl (C=O) groups excluding carboxylic acids is 4. The Labute approximate surface area is 210 Å². The van der Waals surface area contributed by atoms with Crippen molar-refractivity contribution in [2.75, 3.05) is 19.8 Å². The number of carbonyl (C=O) groups is 4. The van der Waals surface area contributed by atoms with Crippen LogP contribution < -0.4 is 0 Å². The summed E-state index contributed by atoms with van der Waals surface area (Å²) in [6.45, 7) is 7.90. The Morgan fingerprint density at radius 2 is 1.86 bits per heavy atom. The number of hydrogen-bond donors (Lipinski definition) is 1. The largest absolute Gasteiger partial charge is 0.465 e. The van der Waals surface area contributed by atoms with Crippen LogP contribution in [0.3, 0.4) is 0 Å². The first-order chi connectivity index (χ1) is 16.8. The summed E-state index contributed by atoms with van der Waals surface area (Å²) in [5, 5.41) is 12.1. The Hall–Kier alpha value is -2.46. The summed E-state index contributed by atoms with van der Waals surface area (Å²) in [7, 11) is 0. The average Bonchev–Trinajstić information content (AvgIpc) is 3.42. The molecule has 3 fully saturated rings. The lowest BCUT2D eigenvalue weighted by Gasteiger charge is -2.66. The molecule has 1 saturated heterocycles. The maximum atomic E-state index is 12.3. The van der Waals surface area contributed by atoms with Gasteiger partial charge in [0.15, 0.2) is 0 Å². The van der Waals surface area contributed by atoms with Crippen LogP contribution in [-0.2, 0) is 42.9 Å². The SMILES string of the molecule is CC(=O)OC[C@@]12[C@@H](OC(C)=O)C[C@](C)(O)[C@](C)([C@H](CC3=CC(=O)OC3)OC(C)=O)[C@H]1CCC[C@]21CO1. The van der Waals surface area contributed by atoms with E-state index in [0.29, 0.717) is 25.0 Å². The third-order valence-corrected chi connectivity index (χ3v) is 9.05. The molecule has 1 spiro atoms. The fraction of sp³-hybridized carbons (Fsp3) is 0.769. The first kappa shape index (κ1) is 26.6. The molecular formula is C26H36O10. The molecule has 2 heterocycles. The van der Waals surface area contributed by atoms with Crippen molar-refractivity contribution in [1.29, 1.82) is 0 Å². The highest BCUT2D eigenvalue weighted by Crippen LogP contribution is 2.70. The summed E-state index contributed by atoms with van der Waals surface area (Å²) in [4.78, 5) is 48.3. The molecule has 1 N–H and O–H groups in total. The van der Waals surface area contributed by atoms with E-state index >= 15 is 0 Å². The summed E-state index contributed by atoms with van der Waals surface area (Å²) in [6, 6.07) is 0. The highest BCUT2D eigenvalue weighted by molar-refractivity contribution is 5.85. The lowest BCUT2D eigenvalue weighted by atomic mass is 9.41. The molecule has 0 aromatic carbocycles. The van der Waals surface area contributed by atoms with Crippen molar-refractivity contribution in [3.05, 3.63) is 11.6 Å². The number of esters is 4. The smallest absolute Gasteiger partial charge is 0.331 e. The molecule has 2 aliphatic carbocycles. The van der Waals surface area contributed by atoms with Crippen LogP contribution in [0, 0.1) is 16.7 Å². The first-order valence-electron chi connectivity index (χ1n) is 12.5. The molecule has 0 bridgehead atoms. The highest BCUT2D eigenvalue weighted by atomic mass is 16.6. The Morgan fingerprint density at radius 1 is 1.17 bits per heavy atom. The Kier molecular flexibility index (Phi) is 6.75. The van der Waals surface area contributed by atoms with E-state index in [1.54, 1.807) is 6.92 Å². The van der Waals surface area contributed by atoms with Crippen LogP contribution in [0.2, 0.25) is 0 Å². The van der Waals surface area contributed by atoms with Crippen molar-refractivity contribution in [3.8, 4) is 0 Å². The molecule has 10 heteroatoms. The van der Waals surface area contributed by atoms with Gasteiger partial charge in [0.1, 0.15) is 31.0 Å². The van der Waals surface area contributed by atoms with Crippen LogP contribution in [0.1, 0.15) is 66.7 Å². The minimum Gasteiger partial charge on any atom is -0.465 e. The van der Waals surface area contributed by atoms with Crippen LogP contribution in [0.4, 0.5) is 0 Å². The molecule has 0 unspecified atom stereocenters. The van der Waals surface area contributed by atoms with Gasteiger partial charge in [-0.15, -0.1) is 0 Å². The highest BCUT2D eigenvalue weighted by Gasteiger charge is 2.78. The van der Waals surface area contributed by atoms with E-state index in [0.717, 1.165) is 6.42 Å². The third-order valence-electron chi connectivity index (χ3n) is 9.05. The molecule has 200 valence electrons. The van der Waals surface area contributed by atoms with Crippen molar-refractivity contribution in [1.82, 2.24) is 0 Å². The van der Waals surface area contributed by atoms with Crippen LogP contribution in [0.25, 0.3) is 0 Å². The monoisotopic (exact) mass is 508 g/mol. The van der Waals surface area contributed by atoms with Crippen molar-refractivity contribution < 1.29 is 48.0 Å². The van der Waals surface area contributed by atoms with Crippen LogP contribution in [0.15, 0.2) is 11.6 Å². The molecule has 2 aliphatic heterocycles. The van der Waals surface area contributed by atoms with Gasteiger partial charge in [-0.2, -0.15) is 0 Å². The van der Waals surface area contributed by atoms with Gasteiger partial charge < -0.3 is 28.8 Å². The average molecular weight is 509 g/mol. The van der Waals surface area contributed by atoms with Gasteiger partial charge in [-0.25, -0.2) is 4.79 Å². The fourth-order valence-corrected chi connectivity index (χ4v) is 7.20. The molecule has 10 nitrogen and oxygen atoms in total. The Bertz CT molecular complexity index is 979. The third kappa shape index (κ3) is 4.22. The Morgan fingerprint density at radius 3 is 2.39 bits per heavy atom. The van der Waals surface area contributed by atoms with Gasteiger partial charge >= 0.3 is 23.9 Å². The molecule has 0 aromatic heterocycles. The zero-order valence-corrected chi connectivity index (χ0v) is 21.6. The van der Waals surface area contributed by atoms with Crippen molar-refractivity contribution >= 4 is 23.9 Å². The maximum absolute atomic E-state index is 12.3. The summed E-state index contributed by atoms with van der Waals surface area (Å²) >= 11 is 0. The second-order valence-electron chi connectivity index (χ2n) is 11.1. The van der Waals surface area contributed by atoms with Gasteiger partial charge in [-0.3, -0.25) is 14.4 Å². The topological polar surface area (TPSA) is 138 Å². The lowest BCUT2D eigenvalue weighted by molar-refractivity contribution is -0.288. The van der Waals surface area contributed by atoms with Crippen LogP contribution in [0.5, 0.6) is 0 Å². The van der Waals surface area contributed by atoms with E-state index in [1.807, 2.05) is 6.92 Å². The summed E-state index contributed by atoms with van der Waals surface area (Å²) in [5.74, 6) is -2.40. The molecular weight excluding hydrogens is 472 g/mol. The van der Waals surface area contributed by atoms with E-state index in [4.69, 9.17) is 23.7 Å². The van der Waals surface area contributed by atoms with Crippen LogP contribution in [-0.4, -0.2) is 72.2 Å². The van der Waals surface area contributed by atoms with Crippen molar-refractivity contribution in [3.63, 3.8) is 0 Å². The zero-order valence-electron chi connectivity index (χ0n) is 21.6. The molecule has 0 radical (unpaired) electrons. The molecule has 7 atom stereocenters. The number of cyclic esters (lactones) is 1. The minimum absolute atomic E-state index is 0.0260. The second kappa shape index (κ2) is 9.13. The second-order valence-corrected chi connectivity index (χ2v) is 11.1. The first-order valence-corrected chi connectivity index (χ1v) is 12.5. The van der Waals surface area contributed by atoms with Gasteiger partial charge in [0.05, 0.1) is 17.6 Å². The predicted octanol–water partition coefficient (Wildman–Crippen LogP) is 2.00. The molecule has 0 amide bonds. The van der Waals surface area contributed by atoms with Crippen molar-refractivity contribution in [2.45, 2.75) is 90.1 Å². The quantitative estimate of drug-likeness (QED) is 0.309. The summed E-state index contributed by atoms with van der Waals surface area (Å²) in [5.41, 5.74) is -3.55. The van der Waals surface area contributed by atoms with Gasteiger partial charge in [-0.1, -0.05) is 13.3 Å².